The van der Waals surface area contributed by atoms with E-state index in [-0.39, 0.29) is 11.5 Å². The molecule has 1 aromatic rings. The lowest BCUT2D eigenvalue weighted by Gasteiger charge is -2.27. The van der Waals surface area contributed by atoms with Gasteiger partial charge in [0.15, 0.2) is 0 Å². The van der Waals surface area contributed by atoms with Crippen LogP contribution in [0, 0.1) is 11.7 Å². The first-order valence-corrected chi connectivity index (χ1v) is 6.45. The number of hydrogen-bond donors (Lipinski definition) is 1. The van der Waals surface area contributed by atoms with E-state index < -0.39 is 0 Å². The van der Waals surface area contributed by atoms with E-state index in [1.54, 1.807) is 6.07 Å². The second-order valence-electron chi connectivity index (χ2n) is 5.11. The van der Waals surface area contributed by atoms with Crippen molar-refractivity contribution in [1.29, 1.82) is 0 Å². The summed E-state index contributed by atoms with van der Waals surface area (Å²) in [6, 6.07) is 5.04. The Morgan fingerprint density at radius 2 is 2.11 bits per heavy atom. The number of rotatable bonds is 4. The minimum atomic E-state index is -0.327. The summed E-state index contributed by atoms with van der Waals surface area (Å²) in [6.07, 6.45) is 2.25. The minimum Gasteiger partial charge on any atom is -0.396 e. The average molecular weight is 252 g/mol. The Kier molecular flexibility index (Phi) is 4.55. The zero-order valence-corrected chi connectivity index (χ0v) is 10.9. The molecule has 1 saturated heterocycles. The Bertz CT molecular complexity index is 391. The Labute approximate surface area is 108 Å². The van der Waals surface area contributed by atoms with Crippen LogP contribution >= 0.6 is 0 Å². The van der Waals surface area contributed by atoms with E-state index in [1.807, 2.05) is 6.07 Å². The third-order valence-electron chi connectivity index (χ3n) is 3.43. The van der Waals surface area contributed by atoms with E-state index in [0.717, 1.165) is 44.7 Å². The van der Waals surface area contributed by atoms with Gasteiger partial charge >= 0.3 is 0 Å². The van der Waals surface area contributed by atoms with Gasteiger partial charge in [-0.25, -0.2) is 4.39 Å². The molecule has 0 spiro atoms. The molecule has 0 radical (unpaired) electrons. The van der Waals surface area contributed by atoms with Crippen molar-refractivity contribution >= 4 is 5.69 Å². The summed E-state index contributed by atoms with van der Waals surface area (Å²) in [5.74, 6) is 0.370. The van der Waals surface area contributed by atoms with E-state index in [0.29, 0.717) is 5.92 Å². The molecule has 0 unspecified atom stereocenters. The van der Waals surface area contributed by atoms with Crippen LogP contribution in [0.25, 0.3) is 0 Å². The van der Waals surface area contributed by atoms with Crippen molar-refractivity contribution in [2.45, 2.75) is 19.4 Å². The number of halogens is 1. The monoisotopic (exact) mass is 252 g/mol. The molecule has 100 valence electrons. The molecule has 0 bridgehead atoms. The first-order valence-electron chi connectivity index (χ1n) is 6.45. The van der Waals surface area contributed by atoms with Gasteiger partial charge in [-0.05, 0) is 43.5 Å². The van der Waals surface area contributed by atoms with E-state index in [2.05, 4.69) is 11.9 Å². The first kappa shape index (κ1) is 13.3. The van der Waals surface area contributed by atoms with Crippen LogP contribution in [0.3, 0.4) is 0 Å². The van der Waals surface area contributed by atoms with Gasteiger partial charge < -0.3 is 15.4 Å². The Morgan fingerprint density at radius 3 is 2.78 bits per heavy atom. The van der Waals surface area contributed by atoms with Crippen LogP contribution < -0.4 is 5.73 Å². The van der Waals surface area contributed by atoms with Gasteiger partial charge in [0, 0.05) is 26.3 Å². The smallest absolute Gasteiger partial charge is 0.146 e. The van der Waals surface area contributed by atoms with Crippen molar-refractivity contribution < 1.29 is 9.13 Å². The standard InChI is InChI=1S/C14H21FN2O/c1-17(9-11-4-6-18-7-5-11)10-12-2-3-14(16)13(15)8-12/h2-3,8,11H,4-7,9-10,16H2,1H3. The van der Waals surface area contributed by atoms with Gasteiger partial charge in [0.25, 0.3) is 0 Å². The Balaban J connectivity index is 1.85. The molecule has 2 rings (SSSR count). The molecule has 1 fully saturated rings. The highest BCUT2D eigenvalue weighted by atomic mass is 19.1. The zero-order valence-electron chi connectivity index (χ0n) is 10.9. The highest BCUT2D eigenvalue weighted by molar-refractivity contribution is 5.41. The van der Waals surface area contributed by atoms with Crippen molar-refractivity contribution in [1.82, 2.24) is 4.90 Å². The molecule has 1 aromatic carbocycles. The predicted octanol–water partition coefficient (Wildman–Crippen LogP) is 2.27. The second kappa shape index (κ2) is 6.16. The number of anilines is 1. The molecular formula is C14H21FN2O. The summed E-state index contributed by atoms with van der Waals surface area (Å²) in [4.78, 5) is 2.24. The number of nitrogens with zero attached hydrogens (tertiary/aromatic N) is 1. The highest BCUT2D eigenvalue weighted by Crippen LogP contribution is 2.18. The Hall–Kier alpha value is -1.13. The van der Waals surface area contributed by atoms with Gasteiger partial charge in [0.05, 0.1) is 5.69 Å². The van der Waals surface area contributed by atoms with Gasteiger partial charge in [-0.2, -0.15) is 0 Å². The molecule has 0 amide bonds. The molecule has 0 atom stereocenters. The predicted molar refractivity (Wildman–Crippen MR) is 70.7 cm³/mol. The van der Waals surface area contributed by atoms with E-state index in [1.165, 1.54) is 6.07 Å². The quantitative estimate of drug-likeness (QED) is 0.835. The van der Waals surface area contributed by atoms with Crippen LogP contribution in [0.2, 0.25) is 0 Å². The summed E-state index contributed by atoms with van der Waals surface area (Å²) in [5, 5.41) is 0. The first-order chi connectivity index (χ1) is 8.65. The number of hydrogen-bond acceptors (Lipinski definition) is 3. The Morgan fingerprint density at radius 1 is 1.39 bits per heavy atom. The van der Waals surface area contributed by atoms with Crippen LogP contribution in [0.4, 0.5) is 10.1 Å². The molecule has 0 saturated carbocycles. The van der Waals surface area contributed by atoms with Crippen LogP contribution in [0.1, 0.15) is 18.4 Å². The molecule has 3 nitrogen and oxygen atoms in total. The fraction of sp³-hybridized carbons (Fsp3) is 0.571. The molecule has 18 heavy (non-hydrogen) atoms. The second-order valence-corrected chi connectivity index (χ2v) is 5.11. The third kappa shape index (κ3) is 3.68. The van der Waals surface area contributed by atoms with Crippen LogP contribution in [0.15, 0.2) is 18.2 Å². The molecule has 0 aromatic heterocycles. The molecule has 1 heterocycles. The zero-order chi connectivity index (χ0) is 13.0. The van der Waals surface area contributed by atoms with Gasteiger partial charge in [-0.1, -0.05) is 6.07 Å². The van der Waals surface area contributed by atoms with Crippen molar-refractivity contribution in [3.05, 3.63) is 29.6 Å². The van der Waals surface area contributed by atoms with Crippen LogP contribution in [0.5, 0.6) is 0 Å². The van der Waals surface area contributed by atoms with E-state index >= 15 is 0 Å². The van der Waals surface area contributed by atoms with Gasteiger partial charge in [0.1, 0.15) is 5.82 Å². The number of benzene rings is 1. The van der Waals surface area contributed by atoms with Crippen molar-refractivity contribution in [3.63, 3.8) is 0 Å². The minimum absolute atomic E-state index is 0.214. The van der Waals surface area contributed by atoms with Crippen LogP contribution in [-0.4, -0.2) is 31.7 Å². The van der Waals surface area contributed by atoms with Crippen molar-refractivity contribution in [3.8, 4) is 0 Å². The topological polar surface area (TPSA) is 38.5 Å². The van der Waals surface area contributed by atoms with E-state index in [4.69, 9.17) is 10.5 Å². The number of nitrogens with two attached hydrogens (primary N) is 1. The van der Waals surface area contributed by atoms with Gasteiger partial charge in [-0.3, -0.25) is 0 Å². The van der Waals surface area contributed by atoms with Crippen molar-refractivity contribution in [2.24, 2.45) is 5.92 Å². The maximum absolute atomic E-state index is 13.3. The molecule has 1 aliphatic heterocycles. The largest absolute Gasteiger partial charge is 0.396 e. The normalized spacial score (nSPS) is 17.3. The fourth-order valence-corrected chi connectivity index (χ4v) is 2.41. The van der Waals surface area contributed by atoms with Crippen molar-refractivity contribution in [2.75, 3.05) is 32.5 Å². The SMILES string of the molecule is CN(Cc1ccc(N)c(F)c1)CC1CCOCC1. The lowest BCUT2D eigenvalue weighted by Crippen LogP contribution is -2.29. The van der Waals surface area contributed by atoms with Gasteiger partial charge in [0.2, 0.25) is 0 Å². The summed E-state index contributed by atoms with van der Waals surface area (Å²) in [5.41, 5.74) is 6.65. The van der Waals surface area contributed by atoms with Gasteiger partial charge in [-0.15, -0.1) is 0 Å². The summed E-state index contributed by atoms with van der Waals surface area (Å²) < 4.78 is 18.7. The fourth-order valence-electron chi connectivity index (χ4n) is 2.41. The lowest BCUT2D eigenvalue weighted by atomic mass is 10.00. The average Bonchev–Trinajstić information content (AvgIpc) is 2.35. The summed E-state index contributed by atoms with van der Waals surface area (Å²) >= 11 is 0. The highest BCUT2D eigenvalue weighted by Gasteiger charge is 2.15. The molecule has 0 aliphatic carbocycles. The summed E-state index contributed by atoms with van der Waals surface area (Å²) in [6.45, 7) is 3.54. The lowest BCUT2D eigenvalue weighted by molar-refractivity contribution is 0.0549. The molecule has 2 N–H and O–H groups in total. The molecular weight excluding hydrogens is 231 g/mol. The number of ether oxygens (including phenoxy) is 1. The summed E-state index contributed by atoms with van der Waals surface area (Å²) in [7, 11) is 2.07. The van der Waals surface area contributed by atoms with E-state index in [9.17, 15) is 4.39 Å². The number of nitrogen functional groups attached to an aromatic ring is 1. The molecule has 1 aliphatic rings. The van der Waals surface area contributed by atoms with Crippen LogP contribution in [-0.2, 0) is 11.3 Å². The maximum Gasteiger partial charge on any atom is 0.146 e. The molecule has 4 heteroatoms. The maximum atomic E-state index is 13.3. The third-order valence-corrected chi connectivity index (χ3v) is 3.43.